The van der Waals surface area contributed by atoms with Crippen LogP contribution < -0.4 is 4.90 Å². The van der Waals surface area contributed by atoms with E-state index >= 15 is 0 Å². The minimum Gasteiger partial charge on any atom is -0.310 e. The van der Waals surface area contributed by atoms with Crippen molar-refractivity contribution < 1.29 is 0 Å². The summed E-state index contributed by atoms with van der Waals surface area (Å²) in [6, 6.07) is 77.2. The van der Waals surface area contributed by atoms with E-state index in [1.165, 1.54) is 76.5 Å². The zero-order chi connectivity index (χ0) is 35.1. The van der Waals surface area contributed by atoms with Gasteiger partial charge in [0.25, 0.3) is 0 Å². The molecule has 1 nitrogen and oxygen atoms in total. The molecule has 0 aromatic heterocycles. The lowest BCUT2D eigenvalue weighted by Crippen LogP contribution is -2.10. The highest BCUT2D eigenvalue weighted by Gasteiger charge is 2.15. The van der Waals surface area contributed by atoms with Gasteiger partial charge in [-0.25, -0.2) is 0 Å². The molecule has 1 heteroatoms. The SMILES string of the molecule is c1ccc(-c2cccc(N(c3ccc(-c4ccc5ccc6c7ccccc7ccc6c5c4)cc3)c3ccc(-c4cccc5ccccc45)cc3)c2)cc1. The second kappa shape index (κ2) is 13.0. The third kappa shape index (κ3) is 5.60. The Labute approximate surface area is 309 Å². The van der Waals surface area contributed by atoms with Crippen molar-refractivity contribution in [2.45, 2.75) is 0 Å². The molecule has 0 saturated carbocycles. The Morgan fingerprint density at radius 3 is 1.47 bits per heavy atom. The predicted octanol–water partition coefficient (Wildman–Crippen LogP) is 14.8. The van der Waals surface area contributed by atoms with Gasteiger partial charge in [-0.15, -0.1) is 0 Å². The van der Waals surface area contributed by atoms with Crippen LogP contribution in [0.1, 0.15) is 0 Å². The first kappa shape index (κ1) is 30.8. The second-order valence-corrected chi connectivity index (χ2v) is 13.8. The topological polar surface area (TPSA) is 3.24 Å². The Kier molecular flexibility index (Phi) is 7.55. The molecule has 0 saturated heterocycles. The van der Waals surface area contributed by atoms with E-state index in [9.17, 15) is 0 Å². The molecule has 0 spiro atoms. The van der Waals surface area contributed by atoms with Crippen LogP contribution in [0.25, 0.3) is 76.5 Å². The van der Waals surface area contributed by atoms with Gasteiger partial charge in [-0.2, -0.15) is 0 Å². The fourth-order valence-electron chi connectivity index (χ4n) is 7.97. The Balaban J connectivity index is 1.06. The molecule has 0 aliphatic carbocycles. The average Bonchev–Trinajstić information content (AvgIpc) is 3.24. The Hall–Kier alpha value is -6.96. The van der Waals surface area contributed by atoms with Crippen LogP contribution >= 0.6 is 0 Å². The number of benzene rings is 10. The average molecular weight is 674 g/mol. The molecule has 53 heavy (non-hydrogen) atoms. The fourth-order valence-corrected chi connectivity index (χ4v) is 7.97. The molecule has 10 rings (SSSR count). The molecule has 0 unspecified atom stereocenters. The van der Waals surface area contributed by atoms with Crippen LogP contribution in [0.4, 0.5) is 17.1 Å². The summed E-state index contributed by atoms with van der Waals surface area (Å²) in [5.74, 6) is 0. The molecule has 0 heterocycles. The van der Waals surface area contributed by atoms with Gasteiger partial charge in [-0.1, -0.05) is 170 Å². The summed E-state index contributed by atoms with van der Waals surface area (Å²) in [4.78, 5) is 2.36. The van der Waals surface area contributed by atoms with E-state index in [-0.39, 0.29) is 0 Å². The van der Waals surface area contributed by atoms with Crippen molar-refractivity contribution >= 4 is 60.2 Å². The third-order valence-electron chi connectivity index (χ3n) is 10.6. The van der Waals surface area contributed by atoms with Crippen molar-refractivity contribution in [1.82, 2.24) is 0 Å². The van der Waals surface area contributed by atoms with Gasteiger partial charge >= 0.3 is 0 Å². The molecule has 0 aliphatic rings. The minimum absolute atomic E-state index is 1.11. The quantitative estimate of drug-likeness (QED) is 0.159. The van der Waals surface area contributed by atoms with E-state index in [2.05, 4.69) is 217 Å². The van der Waals surface area contributed by atoms with Gasteiger partial charge in [0.05, 0.1) is 0 Å². The lowest BCUT2D eigenvalue weighted by atomic mass is 9.94. The van der Waals surface area contributed by atoms with E-state index in [1.54, 1.807) is 0 Å². The smallest absolute Gasteiger partial charge is 0.0467 e. The van der Waals surface area contributed by atoms with E-state index in [4.69, 9.17) is 0 Å². The molecule has 248 valence electrons. The molecule has 0 amide bonds. The molecule has 0 fully saturated rings. The number of fused-ring (bicyclic) bond motifs is 6. The Morgan fingerprint density at radius 2 is 0.717 bits per heavy atom. The van der Waals surface area contributed by atoms with Crippen LogP contribution in [0.2, 0.25) is 0 Å². The van der Waals surface area contributed by atoms with Crippen molar-refractivity contribution in [3.63, 3.8) is 0 Å². The van der Waals surface area contributed by atoms with Gasteiger partial charge in [0.1, 0.15) is 0 Å². The number of hydrogen-bond donors (Lipinski definition) is 0. The first-order chi connectivity index (χ1) is 26.3. The third-order valence-corrected chi connectivity index (χ3v) is 10.6. The van der Waals surface area contributed by atoms with Gasteiger partial charge in [-0.05, 0) is 119 Å². The fraction of sp³-hybridized carbons (Fsp3) is 0. The van der Waals surface area contributed by atoms with E-state index in [0.29, 0.717) is 0 Å². The molecule has 0 aliphatic heterocycles. The maximum atomic E-state index is 2.36. The van der Waals surface area contributed by atoms with Crippen LogP contribution in [0.3, 0.4) is 0 Å². The lowest BCUT2D eigenvalue weighted by molar-refractivity contribution is 1.28. The monoisotopic (exact) mass is 673 g/mol. The van der Waals surface area contributed by atoms with Crippen LogP contribution in [0.15, 0.2) is 212 Å². The Bertz CT molecular complexity index is 2920. The Morgan fingerprint density at radius 1 is 0.226 bits per heavy atom. The number of anilines is 3. The lowest BCUT2D eigenvalue weighted by Gasteiger charge is -2.26. The maximum absolute atomic E-state index is 2.36. The first-order valence-electron chi connectivity index (χ1n) is 18.3. The van der Waals surface area contributed by atoms with Crippen molar-refractivity contribution in [3.05, 3.63) is 212 Å². The summed E-state index contributed by atoms with van der Waals surface area (Å²) in [5, 5.41) is 10.2. The highest BCUT2D eigenvalue weighted by atomic mass is 15.1. The molecule has 0 radical (unpaired) electrons. The molecule has 0 atom stereocenters. The van der Waals surface area contributed by atoms with E-state index < -0.39 is 0 Å². The van der Waals surface area contributed by atoms with Crippen molar-refractivity contribution in [2.24, 2.45) is 0 Å². The highest BCUT2D eigenvalue weighted by Crippen LogP contribution is 2.40. The number of rotatable bonds is 6. The van der Waals surface area contributed by atoms with Gasteiger partial charge in [-0.3, -0.25) is 0 Å². The van der Waals surface area contributed by atoms with Crippen LogP contribution in [-0.2, 0) is 0 Å². The summed E-state index contributed by atoms with van der Waals surface area (Å²) >= 11 is 0. The van der Waals surface area contributed by atoms with Crippen molar-refractivity contribution in [3.8, 4) is 33.4 Å². The van der Waals surface area contributed by atoms with Crippen LogP contribution in [-0.4, -0.2) is 0 Å². The van der Waals surface area contributed by atoms with Crippen LogP contribution in [0.5, 0.6) is 0 Å². The van der Waals surface area contributed by atoms with Gasteiger partial charge < -0.3 is 4.90 Å². The summed E-state index contributed by atoms with van der Waals surface area (Å²) in [6.45, 7) is 0. The predicted molar refractivity (Wildman–Crippen MR) is 227 cm³/mol. The normalized spacial score (nSPS) is 11.4. The van der Waals surface area contributed by atoms with Gasteiger partial charge in [0.15, 0.2) is 0 Å². The largest absolute Gasteiger partial charge is 0.310 e. The van der Waals surface area contributed by atoms with E-state index in [0.717, 1.165) is 17.1 Å². The molecule has 0 N–H and O–H groups in total. The zero-order valence-corrected chi connectivity index (χ0v) is 29.2. The second-order valence-electron chi connectivity index (χ2n) is 13.8. The standard InChI is InChI=1S/C52H35N/c1-2-10-36(11-3-1)42-15-8-16-46(34-42)53(45-30-24-40(25-31-45)48-19-9-14-38-12-4-6-17-47(38)48)44-28-22-37(23-29-44)43-21-20-41-27-32-50-49-18-7-5-13-39(49)26-33-51(50)52(41)35-43/h1-35H. The number of nitrogens with zero attached hydrogens (tertiary/aromatic N) is 1. The number of hydrogen-bond acceptors (Lipinski definition) is 1. The van der Waals surface area contributed by atoms with Crippen LogP contribution in [0, 0.1) is 0 Å². The maximum Gasteiger partial charge on any atom is 0.0467 e. The van der Waals surface area contributed by atoms with Gasteiger partial charge in [0.2, 0.25) is 0 Å². The molecule has 10 aromatic rings. The van der Waals surface area contributed by atoms with Crippen molar-refractivity contribution in [1.29, 1.82) is 0 Å². The molecule has 10 aromatic carbocycles. The first-order valence-corrected chi connectivity index (χ1v) is 18.3. The molecule has 0 bridgehead atoms. The zero-order valence-electron chi connectivity index (χ0n) is 29.2. The summed E-state index contributed by atoms with van der Waals surface area (Å²) in [7, 11) is 0. The van der Waals surface area contributed by atoms with E-state index in [1.807, 2.05) is 0 Å². The highest BCUT2D eigenvalue weighted by molar-refractivity contribution is 6.17. The van der Waals surface area contributed by atoms with Crippen molar-refractivity contribution in [2.75, 3.05) is 4.90 Å². The minimum atomic E-state index is 1.11. The summed E-state index contributed by atoms with van der Waals surface area (Å²) < 4.78 is 0. The summed E-state index contributed by atoms with van der Waals surface area (Å²) in [6.07, 6.45) is 0. The molecular formula is C52H35N. The summed E-state index contributed by atoms with van der Waals surface area (Å²) in [5.41, 5.74) is 10.6. The van der Waals surface area contributed by atoms with Gasteiger partial charge in [0, 0.05) is 17.1 Å². The molecular weight excluding hydrogens is 639 g/mol.